The fourth-order valence-corrected chi connectivity index (χ4v) is 3.10. The summed E-state index contributed by atoms with van der Waals surface area (Å²) in [4.78, 5) is 4.64. The Balaban J connectivity index is 1.95. The van der Waals surface area contributed by atoms with Crippen molar-refractivity contribution in [3.8, 4) is 6.07 Å². The van der Waals surface area contributed by atoms with Gasteiger partial charge in [0.1, 0.15) is 5.82 Å². The van der Waals surface area contributed by atoms with Crippen LogP contribution in [0.2, 0.25) is 0 Å². The number of nitrogens with one attached hydrogen (secondary N) is 1. The van der Waals surface area contributed by atoms with Gasteiger partial charge in [-0.2, -0.15) is 5.26 Å². The lowest BCUT2D eigenvalue weighted by atomic mass is 9.98. The van der Waals surface area contributed by atoms with Crippen LogP contribution in [0.3, 0.4) is 0 Å². The molecule has 0 saturated heterocycles. The Kier molecular flexibility index (Phi) is 3.31. The van der Waals surface area contributed by atoms with E-state index < -0.39 is 0 Å². The molecule has 1 heterocycles. The van der Waals surface area contributed by atoms with E-state index in [1.165, 1.54) is 12.8 Å². The van der Waals surface area contributed by atoms with E-state index in [1.807, 2.05) is 30.3 Å². The van der Waals surface area contributed by atoms with Crippen molar-refractivity contribution in [2.75, 3.05) is 5.32 Å². The summed E-state index contributed by atoms with van der Waals surface area (Å²) in [5, 5.41) is 13.8. The summed E-state index contributed by atoms with van der Waals surface area (Å²) in [6.07, 6.45) is 2.44. The number of hydrogen-bond donors (Lipinski definition) is 1. The number of anilines is 1. The minimum absolute atomic E-state index is 0.463. The lowest BCUT2D eigenvalue weighted by Crippen LogP contribution is -2.24. The molecule has 2 aromatic rings. The summed E-state index contributed by atoms with van der Waals surface area (Å²) < 4.78 is 0. The number of hydrogen-bond acceptors (Lipinski definition) is 3. The fraction of sp³-hybridized carbons (Fsp3) is 0.412. The number of para-hydroxylation sites is 1. The van der Waals surface area contributed by atoms with Gasteiger partial charge >= 0.3 is 0 Å². The van der Waals surface area contributed by atoms with Crippen LogP contribution in [0.1, 0.15) is 32.3 Å². The normalized spacial score (nSPS) is 25.6. The highest BCUT2D eigenvalue weighted by atomic mass is 15.0. The Hall–Kier alpha value is -2.08. The Morgan fingerprint density at radius 3 is 2.75 bits per heavy atom. The molecule has 3 heteroatoms. The highest BCUT2D eigenvalue weighted by Gasteiger charge is 2.29. The van der Waals surface area contributed by atoms with Crippen molar-refractivity contribution in [2.24, 2.45) is 11.8 Å². The zero-order valence-corrected chi connectivity index (χ0v) is 11.9. The highest BCUT2D eigenvalue weighted by molar-refractivity contribution is 5.86. The molecule has 1 N–H and O–H groups in total. The summed E-state index contributed by atoms with van der Waals surface area (Å²) >= 11 is 0. The van der Waals surface area contributed by atoms with Gasteiger partial charge in [-0.15, -0.1) is 0 Å². The Labute approximate surface area is 119 Å². The van der Waals surface area contributed by atoms with Crippen molar-refractivity contribution in [1.29, 1.82) is 5.26 Å². The fourth-order valence-electron chi connectivity index (χ4n) is 3.10. The van der Waals surface area contributed by atoms with Crippen LogP contribution in [0.25, 0.3) is 10.9 Å². The molecule has 3 rings (SSSR count). The molecule has 0 bridgehead atoms. The van der Waals surface area contributed by atoms with Crippen molar-refractivity contribution >= 4 is 16.7 Å². The molecule has 1 aliphatic carbocycles. The third kappa shape index (κ3) is 2.22. The monoisotopic (exact) mass is 265 g/mol. The first-order valence-corrected chi connectivity index (χ1v) is 7.25. The standard InChI is InChI=1S/C17H19N3/c1-11-7-8-15(12(11)2)19-17-9-13(10-18)14-5-3-4-6-16(14)20-17/h3-6,9,11-12,15H,7-8H2,1-2H3,(H,19,20). The number of aromatic nitrogens is 1. The second-order valence-corrected chi connectivity index (χ2v) is 5.85. The predicted molar refractivity (Wildman–Crippen MR) is 81.4 cm³/mol. The van der Waals surface area contributed by atoms with E-state index in [0.717, 1.165) is 22.6 Å². The molecule has 3 unspecified atom stereocenters. The van der Waals surface area contributed by atoms with Crippen LogP contribution in [-0.4, -0.2) is 11.0 Å². The molecule has 0 amide bonds. The molecule has 1 fully saturated rings. The van der Waals surface area contributed by atoms with E-state index >= 15 is 0 Å². The van der Waals surface area contributed by atoms with E-state index in [9.17, 15) is 5.26 Å². The molecule has 1 saturated carbocycles. The largest absolute Gasteiger partial charge is 0.367 e. The van der Waals surface area contributed by atoms with Crippen molar-refractivity contribution in [3.63, 3.8) is 0 Å². The van der Waals surface area contributed by atoms with Gasteiger partial charge in [-0.3, -0.25) is 0 Å². The summed E-state index contributed by atoms with van der Waals surface area (Å²) in [6.45, 7) is 4.60. The number of pyridine rings is 1. The molecule has 0 radical (unpaired) electrons. The molecule has 1 aromatic heterocycles. The Bertz CT molecular complexity index is 671. The van der Waals surface area contributed by atoms with E-state index in [1.54, 1.807) is 0 Å². The summed E-state index contributed by atoms with van der Waals surface area (Å²) in [5.41, 5.74) is 1.57. The van der Waals surface area contributed by atoms with Gasteiger partial charge in [0.2, 0.25) is 0 Å². The maximum Gasteiger partial charge on any atom is 0.128 e. The minimum atomic E-state index is 0.463. The number of nitriles is 1. The highest BCUT2D eigenvalue weighted by Crippen LogP contribution is 2.33. The average Bonchev–Trinajstić information content (AvgIpc) is 2.78. The number of nitrogens with zero attached hydrogens (tertiary/aromatic N) is 2. The first-order chi connectivity index (χ1) is 9.69. The molecule has 0 spiro atoms. The molecular weight excluding hydrogens is 246 g/mol. The van der Waals surface area contributed by atoms with Crippen LogP contribution in [0.4, 0.5) is 5.82 Å². The van der Waals surface area contributed by atoms with E-state index in [4.69, 9.17) is 0 Å². The first kappa shape index (κ1) is 12.9. The second kappa shape index (κ2) is 5.13. The van der Waals surface area contributed by atoms with E-state index in [-0.39, 0.29) is 0 Å². The second-order valence-electron chi connectivity index (χ2n) is 5.85. The molecule has 3 nitrogen and oxygen atoms in total. The van der Waals surface area contributed by atoms with Crippen LogP contribution >= 0.6 is 0 Å². The van der Waals surface area contributed by atoms with Crippen LogP contribution in [0, 0.1) is 23.2 Å². The third-order valence-electron chi connectivity index (χ3n) is 4.64. The average molecular weight is 265 g/mol. The van der Waals surface area contributed by atoms with Crippen molar-refractivity contribution in [3.05, 3.63) is 35.9 Å². The van der Waals surface area contributed by atoms with Gasteiger partial charge in [-0.25, -0.2) is 4.98 Å². The van der Waals surface area contributed by atoms with Crippen LogP contribution in [-0.2, 0) is 0 Å². The van der Waals surface area contributed by atoms with Gasteiger partial charge in [0.15, 0.2) is 0 Å². The van der Waals surface area contributed by atoms with Gasteiger partial charge in [0.25, 0.3) is 0 Å². The SMILES string of the molecule is CC1CCC(Nc2cc(C#N)c3ccccc3n2)C1C. The number of benzene rings is 1. The zero-order valence-electron chi connectivity index (χ0n) is 11.9. The Morgan fingerprint density at radius 2 is 2.05 bits per heavy atom. The van der Waals surface area contributed by atoms with Gasteiger partial charge in [-0.05, 0) is 36.8 Å². The molecule has 1 aromatic carbocycles. The van der Waals surface area contributed by atoms with Crippen molar-refractivity contribution < 1.29 is 0 Å². The molecule has 0 aliphatic heterocycles. The lowest BCUT2D eigenvalue weighted by Gasteiger charge is -2.20. The maximum absolute atomic E-state index is 9.31. The van der Waals surface area contributed by atoms with E-state index in [2.05, 4.69) is 30.2 Å². The van der Waals surface area contributed by atoms with Gasteiger partial charge in [-0.1, -0.05) is 32.0 Å². The minimum Gasteiger partial charge on any atom is -0.367 e. The van der Waals surface area contributed by atoms with Crippen molar-refractivity contribution in [1.82, 2.24) is 4.98 Å². The number of rotatable bonds is 2. The zero-order chi connectivity index (χ0) is 14.1. The summed E-state index contributed by atoms with van der Waals surface area (Å²) in [5.74, 6) is 2.23. The molecule has 1 aliphatic rings. The maximum atomic E-state index is 9.31. The van der Waals surface area contributed by atoms with Crippen LogP contribution in [0.15, 0.2) is 30.3 Å². The van der Waals surface area contributed by atoms with Gasteiger partial charge in [0, 0.05) is 11.4 Å². The van der Waals surface area contributed by atoms with E-state index in [0.29, 0.717) is 17.5 Å². The lowest BCUT2D eigenvalue weighted by molar-refractivity contribution is 0.435. The number of fused-ring (bicyclic) bond motifs is 1. The molecular formula is C17H19N3. The summed E-state index contributed by atoms with van der Waals surface area (Å²) in [6, 6.07) is 12.4. The molecule has 102 valence electrons. The smallest absolute Gasteiger partial charge is 0.128 e. The summed E-state index contributed by atoms with van der Waals surface area (Å²) in [7, 11) is 0. The molecule has 3 atom stereocenters. The Morgan fingerprint density at radius 1 is 1.25 bits per heavy atom. The van der Waals surface area contributed by atoms with Crippen molar-refractivity contribution in [2.45, 2.75) is 32.7 Å². The van der Waals surface area contributed by atoms with Gasteiger partial charge in [0.05, 0.1) is 17.1 Å². The third-order valence-corrected chi connectivity index (χ3v) is 4.64. The van der Waals surface area contributed by atoms with Crippen LogP contribution < -0.4 is 5.32 Å². The van der Waals surface area contributed by atoms with Crippen LogP contribution in [0.5, 0.6) is 0 Å². The quantitative estimate of drug-likeness (QED) is 0.894. The molecule has 20 heavy (non-hydrogen) atoms. The van der Waals surface area contributed by atoms with Gasteiger partial charge < -0.3 is 5.32 Å². The first-order valence-electron chi connectivity index (χ1n) is 7.25. The topological polar surface area (TPSA) is 48.7 Å². The predicted octanol–water partition coefficient (Wildman–Crippen LogP) is 3.95.